The van der Waals surface area contributed by atoms with Crippen LogP contribution in [0.4, 0.5) is 5.69 Å². The standard InChI is InChI=1S/C22H22ClNO5/c1-3-28-19-7-5-4-6-18(19)24-13-16(12-20(24)25)22(27)29-14(2)21(26)15-8-10-17(23)11-9-15/h4-11,14,16H,3,12-13H2,1-2H3/t14-,16-/m0/s1. The molecule has 152 valence electrons. The van der Waals surface area contributed by atoms with Crippen molar-refractivity contribution in [2.75, 3.05) is 18.1 Å². The third-order valence-corrected chi connectivity index (χ3v) is 4.96. The van der Waals surface area contributed by atoms with Gasteiger partial charge in [0, 0.05) is 23.6 Å². The number of hydrogen-bond acceptors (Lipinski definition) is 5. The lowest BCUT2D eigenvalue weighted by atomic mass is 10.1. The number of carbonyl (C=O) groups excluding carboxylic acids is 3. The van der Waals surface area contributed by atoms with E-state index in [2.05, 4.69) is 0 Å². The molecule has 29 heavy (non-hydrogen) atoms. The predicted molar refractivity (Wildman–Crippen MR) is 109 cm³/mol. The number of ether oxygens (including phenoxy) is 2. The van der Waals surface area contributed by atoms with Crippen molar-refractivity contribution < 1.29 is 23.9 Å². The summed E-state index contributed by atoms with van der Waals surface area (Å²) in [6.45, 7) is 4.04. The fraction of sp³-hybridized carbons (Fsp3) is 0.318. The van der Waals surface area contributed by atoms with Crippen LogP contribution >= 0.6 is 11.6 Å². The van der Waals surface area contributed by atoms with Gasteiger partial charge in [0.15, 0.2) is 6.10 Å². The number of esters is 1. The van der Waals surface area contributed by atoms with E-state index in [0.717, 1.165) is 0 Å². The molecule has 0 radical (unpaired) electrons. The second-order valence-electron chi connectivity index (χ2n) is 6.76. The van der Waals surface area contributed by atoms with Crippen molar-refractivity contribution >= 4 is 34.9 Å². The molecule has 1 saturated heterocycles. The molecule has 0 N–H and O–H groups in total. The molecule has 6 nitrogen and oxygen atoms in total. The zero-order chi connectivity index (χ0) is 21.0. The fourth-order valence-corrected chi connectivity index (χ4v) is 3.35. The summed E-state index contributed by atoms with van der Waals surface area (Å²) in [6.07, 6.45) is -0.926. The molecule has 3 rings (SSSR count). The van der Waals surface area contributed by atoms with Crippen LogP contribution in [0.3, 0.4) is 0 Å². The highest BCUT2D eigenvalue weighted by Crippen LogP contribution is 2.33. The van der Waals surface area contributed by atoms with Gasteiger partial charge in [-0.25, -0.2) is 0 Å². The van der Waals surface area contributed by atoms with Gasteiger partial charge in [-0.05, 0) is 50.2 Å². The maximum absolute atomic E-state index is 12.6. The average Bonchev–Trinajstić information content (AvgIpc) is 3.10. The van der Waals surface area contributed by atoms with E-state index in [4.69, 9.17) is 21.1 Å². The molecule has 0 bridgehead atoms. The Morgan fingerprint density at radius 3 is 2.55 bits per heavy atom. The fourth-order valence-electron chi connectivity index (χ4n) is 3.23. The molecule has 2 atom stereocenters. The molecule has 1 amide bonds. The smallest absolute Gasteiger partial charge is 0.312 e. The van der Waals surface area contributed by atoms with Gasteiger partial charge in [0.25, 0.3) is 0 Å². The normalized spacial score (nSPS) is 17.1. The minimum absolute atomic E-state index is 0.0289. The lowest BCUT2D eigenvalue weighted by molar-refractivity contribution is -0.151. The van der Waals surface area contributed by atoms with Gasteiger partial charge < -0.3 is 14.4 Å². The van der Waals surface area contributed by atoms with Crippen LogP contribution in [0.5, 0.6) is 5.75 Å². The molecular formula is C22H22ClNO5. The highest BCUT2D eigenvalue weighted by atomic mass is 35.5. The van der Waals surface area contributed by atoms with E-state index in [-0.39, 0.29) is 24.7 Å². The maximum atomic E-state index is 12.6. The van der Waals surface area contributed by atoms with Crippen LogP contribution in [0, 0.1) is 5.92 Å². The minimum Gasteiger partial charge on any atom is -0.492 e. The molecule has 1 aliphatic rings. The molecule has 0 spiro atoms. The number of Topliss-reactive ketones (excluding diaryl/α,β-unsaturated/α-hetero) is 1. The molecule has 1 fully saturated rings. The molecule has 0 unspecified atom stereocenters. The average molecular weight is 416 g/mol. The van der Waals surface area contributed by atoms with Crippen molar-refractivity contribution in [3.05, 3.63) is 59.1 Å². The topological polar surface area (TPSA) is 72.9 Å². The number of benzene rings is 2. The second-order valence-corrected chi connectivity index (χ2v) is 7.19. The molecule has 0 aliphatic carbocycles. The lowest BCUT2D eigenvalue weighted by Gasteiger charge is -2.20. The molecule has 1 heterocycles. The van der Waals surface area contributed by atoms with Crippen molar-refractivity contribution in [1.29, 1.82) is 0 Å². The molecule has 0 aromatic heterocycles. The Kier molecular flexibility index (Phi) is 6.54. The number of rotatable bonds is 7. The number of para-hydroxylation sites is 2. The van der Waals surface area contributed by atoms with E-state index in [0.29, 0.717) is 28.6 Å². The third kappa shape index (κ3) is 4.77. The second kappa shape index (κ2) is 9.09. The molecule has 7 heteroatoms. The predicted octanol–water partition coefficient (Wildman–Crippen LogP) is 3.91. The van der Waals surface area contributed by atoms with Crippen molar-refractivity contribution in [3.8, 4) is 5.75 Å². The highest BCUT2D eigenvalue weighted by molar-refractivity contribution is 6.30. The number of halogens is 1. The highest BCUT2D eigenvalue weighted by Gasteiger charge is 2.38. The monoisotopic (exact) mass is 415 g/mol. The van der Waals surface area contributed by atoms with Gasteiger partial charge in [-0.1, -0.05) is 23.7 Å². The molecule has 2 aromatic rings. The number of nitrogens with zero attached hydrogens (tertiary/aromatic N) is 1. The number of amides is 1. The summed E-state index contributed by atoms with van der Waals surface area (Å²) in [5, 5.41) is 0.517. The molecule has 1 aliphatic heterocycles. The van der Waals surface area contributed by atoms with E-state index in [1.165, 1.54) is 11.8 Å². The zero-order valence-electron chi connectivity index (χ0n) is 16.3. The Morgan fingerprint density at radius 2 is 1.86 bits per heavy atom. The first kappa shape index (κ1) is 20.9. The molecule has 2 aromatic carbocycles. The number of hydrogen-bond donors (Lipinski definition) is 0. The summed E-state index contributed by atoms with van der Waals surface area (Å²) in [6, 6.07) is 13.6. The number of anilines is 1. The van der Waals surface area contributed by atoms with E-state index in [1.54, 1.807) is 36.4 Å². The summed E-state index contributed by atoms with van der Waals surface area (Å²) in [7, 11) is 0. The summed E-state index contributed by atoms with van der Waals surface area (Å²) in [5.74, 6) is -1.13. The van der Waals surface area contributed by atoms with Crippen LogP contribution in [-0.4, -0.2) is 36.9 Å². The van der Waals surface area contributed by atoms with Crippen molar-refractivity contribution in [2.24, 2.45) is 5.92 Å². The van der Waals surface area contributed by atoms with Crippen molar-refractivity contribution in [2.45, 2.75) is 26.4 Å². The summed E-state index contributed by atoms with van der Waals surface area (Å²) in [4.78, 5) is 39.1. The van der Waals surface area contributed by atoms with E-state index in [9.17, 15) is 14.4 Å². The summed E-state index contributed by atoms with van der Waals surface area (Å²) >= 11 is 5.83. The quantitative estimate of drug-likeness (QED) is 0.506. The van der Waals surface area contributed by atoms with Gasteiger partial charge in [0.1, 0.15) is 5.75 Å². The Hall–Kier alpha value is -2.86. The van der Waals surface area contributed by atoms with Crippen LogP contribution in [0.25, 0.3) is 0 Å². The van der Waals surface area contributed by atoms with Gasteiger partial charge in [-0.15, -0.1) is 0 Å². The van der Waals surface area contributed by atoms with Crippen LogP contribution < -0.4 is 9.64 Å². The van der Waals surface area contributed by atoms with Crippen molar-refractivity contribution in [1.82, 2.24) is 0 Å². The largest absolute Gasteiger partial charge is 0.492 e. The molecular weight excluding hydrogens is 394 g/mol. The lowest BCUT2D eigenvalue weighted by Crippen LogP contribution is -2.30. The summed E-state index contributed by atoms with van der Waals surface area (Å²) in [5.41, 5.74) is 1.03. The Morgan fingerprint density at radius 1 is 1.17 bits per heavy atom. The Balaban J connectivity index is 1.66. The third-order valence-electron chi connectivity index (χ3n) is 4.71. The van der Waals surface area contributed by atoms with Gasteiger partial charge in [-0.2, -0.15) is 0 Å². The SMILES string of the molecule is CCOc1ccccc1N1C[C@@H](C(=O)O[C@@H](C)C(=O)c2ccc(Cl)cc2)CC1=O. The minimum atomic E-state index is -0.955. The van der Waals surface area contributed by atoms with Gasteiger partial charge in [0.2, 0.25) is 11.7 Å². The Labute approximate surface area is 174 Å². The van der Waals surface area contributed by atoms with E-state index in [1.807, 2.05) is 19.1 Å². The first-order valence-electron chi connectivity index (χ1n) is 9.43. The number of carbonyl (C=O) groups is 3. The molecule has 0 saturated carbocycles. The zero-order valence-corrected chi connectivity index (χ0v) is 17.0. The van der Waals surface area contributed by atoms with Crippen LogP contribution in [0.15, 0.2) is 48.5 Å². The van der Waals surface area contributed by atoms with E-state index >= 15 is 0 Å². The summed E-state index contributed by atoms with van der Waals surface area (Å²) < 4.78 is 10.9. The van der Waals surface area contributed by atoms with Gasteiger partial charge in [-0.3, -0.25) is 14.4 Å². The Bertz CT molecular complexity index is 912. The first-order valence-corrected chi connectivity index (χ1v) is 9.81. The van der Waals surface area contributed by atoms with Gasteiger partial charge in [0.05, 0.1) is 18.2 Å². The van der Waals surface area contributed by atoms with Crippen LogP contribution in [0.2, 0.25) is 5.02 Å². The number of ketones is 1. The van der Waals surface area contributed by atoms with Crippen LogP contribution in [-0.2, 0) is 14.3 Å². The van der Waals surface area contributed by atoms with Crippen LogP contribution in [0.1, 0.15) is 30.6 Å². The maximum Gasteiger partial charge on any atom is 0.312 e. The van der Waals surface area contributed by atoms with E-state index < -0.39 is 18.0 Å². The van der Waals surface area contributed by atoms with Gasteiger partial charge >= 0.3 is 5.97 Å². The first-order chi connectivity index (χ1) is 13.9. The van der Waals surface area contributed by atoms with Crippen molar-refractivity contribution in [3.63, 3.8) is 0 Å².